The molecule has 0 amide bonds. The van der Waals surface area contributed by atoms with Gasteiger partial charge in [-0.2, -0.15) is 0 Å². The SMILES string of the molecule is COc1cccc(C=Nc2ccc(I)cc2)c1OC(C)C. The first-order valence-corrected chi connectivity index (χ1v) is 7.81. The molecule has 3 nitrogen and oxygen atoms in total. The molecule has 0 bridgehead atoms. The number of nitrogens with zero attached hydrogens (tertiary/aromatic N) is 1. The van der Waals surface area contributed by atoms with Crippen LogP contribution in [0.4, 0.5) is 5.69 Å². The maximum absolute atomic E-state index is 5.86. The molecule has 0 fully saturated rings. The summed E-state index contributed by atoms with van der Waals surface area (Å²) in [6, 6.07) is 13.8. The zero-order valence-electron chi connectivity index (χ0n) is 12.3. The Morgan fingerprint density at radius 2 is 1.81 bits per heavy atom. The number of para-hydroxylation sites is 1. The molecule has 110 valence electrons. The number of rotatable bonds is 5. The smallest absolute Gasteiger partial charge is 0.170 e. The van der Waals surface area contributed by atoms with Gasteiger partial charge in [-0.15, -0.1) is 0 Å². The molecule has 0 spiro atoms. The number of aliphatic imine (C=N–C) groups is 1. The van der Waals surface area contributed by atoms with Crippen LogP contribution in [0.15, 0.2) is 47.5 Å². The Morgan fingerprint density at radius 3 is 2.43 bits per heavy atom. The van der Waals surface area contributed by atoms with Gasteiger partial charge in [-0.3, -0.25) is 4.99 Å². The van der Waals surface area contributed by atoms with Crippen molar-refractivity contribution in [1.82, 2.24) is 0 Å². The van der Waals surface area contributed by atoms with E-state index in [0.717, 1.165) is 22.7 Å². The molecular formula is C17H18INO2. The lowest BCUT2D eigenvalue weighted by Gasteiger charge is -2.15. The lowest BCUT2D eigenvalue weighted by molar-refractivity contribution is 0.230. The second-order valence-electron chi connectivity index (χ2n) is 4.78. The maximum atomic E-state index is 5.86. The third kappa shape index (κ3) is 4.46. The summed E-state index contributed by atoms with van der Waals surface area (Å²) in [5, 5.41) is 0. The molecule has 21 heavy (non-hydrogen) atoms. The van der Waals surface area contributed by atoms with E-state index in [-0.39, 0.29) is 6.10 Å². The number of halogens is 1. The summed E-state index contributed by atoms with van der Waals surface area (Å²) >= 11 is 2.28. The van der Waals surface area contributed by atoms with Crippen molar-refractivity contribution in [2.45, 2.75) is 20.0 Å². The van der Waals surface area contributed by atoms with Crippen LogP contribution in [0.1, 0.15) is 19.4 Å². The minimum absolute atomic E-state index is 0.0757. The van der Waals surface area contributed by atoms with Crippen molar-refractivity contribution in [2.75, 3.05) is 7.11 Å². The van der Waals surface area contributed by atoms with Crippen molar-refractivity contribution < 1.29 is 9.47 Å². The van der Waals surface area contributed by atoms with Crippen molar-refractivity contribution in [3.8, 4) is 11.5 Å². The van der Waals surface area contributed by atoms with Crippen LogP contribution in [-0.2, 0) is 0 Å². The fourth-order valence-corrected chi connectivity index (χ4v) is 2.19. The molecule has 0 aliphatic rings. The molecule has 2 rings (SSSR count). The van der Waals surface area contributed by atoms with Crippen LogP contribution in [0.25, 0.3) is 0 Å². The summed E-state index contributed by atoms with van der Waals surface area (Å²) in [5.41, 5.74) is 1.82. The minimum atomic E-state index is 0.0757. The van der Waals surface area contributed by atoms with E-state index in [4.69, 9.17) is 9.47 Å². The van der Waals surface area contributed by atoms with Crippen LogP contribution in [0.2, 0.25) is 0 Å². The highest BCUT2D eigenvalue weighted by Gasteiger charge is 2.10. The third-order valence-electron chi connectivity index (χ3n) is 2.76. The number of hydrogen-bond acceptors (Lipinski definition) is 3. The van der Waals surface area contributed by atoms with E-state index in [1.807, 2.05) is 62.5 Å². The van der Waals surface area contributed by atoms with Gasteiger partial charge in [-0.1, -0.05) is 6.07 Å². The molecule has 0 aliphatic heterocycles. The number of methoxy groups -OCH3 is 1. The standard InChI is InChI=1S/C17H18INO2/c1-12(2)21-17-13(5-4-6-16(17)20-3)11-19-15-9-7-14(18)8-10-15/h4-12H,1-3H3. The fraction of sp³-hybridized carbons (Fsp3) is 0.235. The van der Waals surface area contributed by atoms with Gasteiger partial charge in [0.25, 0.3) is 0 Å². The Bertz CT molecular complexity index is 621. The second kappa shape index (κ2) is 7.45. The second-order valence-corrected chi connectivity index (χ2v) is 6.03. The molecule has 0 radical (unpaired) electrons. The normalized spacial score (nSPS) is 11.1. The summed E-state index contributed by atoms with van der Waals surface area (Å²) in [5.74, 6) is 1.44. The molecule has 0 unspecified atom stereocenters. The van der Waals surface area contributed by atoms with E-state index < -0.39 is 0 Å². The van der Waals surface area contributed by atoms with Gasteiger partial charge in [0, 0.05) is 15.3 Å². The summed E-state index contributed by atoms with van der Waals surface area (Å²) in [4.78, 5) is 4.50. The Kier molecular flexibility index (Phi) is 5.61. The Balaban J connectivity index is 2.32. The predicted octanol–water partition coefficient (Wildman–Crippen LogP) is 4.84. The van der Waals surface area contributed by atoms with Crippen molar-refractivity contribution in [2.24, 2.45) is 4.99 Å². The molecule has 0 aromatic heterocycles. The van der Waals surface area contributed by atoms with E-state index in [2.05, 4.69) is 27.6 Å². The molecule has 2 aromatic rings. The van der Waals surface area contributed by atoms with Crippen LogP contribution in [0.5, 0.6) is 11.5 Å². The zero-order chi connectivity index (χ0) is 15.2. The van der Waals surface area contributed by atoms with Crippen LogP contribution in [-0.4, -0.2) is 19.4 Å². The van der Waals surface area contributed by atoms with Crippen LogP contribution in [0.3, 0.4) is 0 Å². The molecule has 0 aliphatic carbocycles. The number of benzene rings is 2. The van der Waals surface area contributed by atoms with Crippen molar-refractivity contribution in [3.05, 3.63) is 51.6 Å². The van der Waals surface area contributed by atoms with Crippen LogP contribution in [0, 0.1) is 3.57 Å². The van der Waals surface area contributed by atoms with Gasteiger partial charge in [0.1, 0.15) is 0 Å². The summed E-state index contributed by atoms with van der Waals surface area (Å²) < 4.78 is 12.4. The van der Waals surface area contributed by atoms with Gasteiger partial charge in [0.2, 0.25) is 0 Å². The lowest BCUT2D eigenvalue weighted by atomic mass is 10.2. The van der Waals surface area contributed by atoms with Gasteiger partial charge < -0.3 is 9.47 Å². The molecule has 0 saturated heterocycles. The molecule has 0 N–H and O–H groups in total. The first-order valence-electron chi connectivity index (χ1n) is 6.73. The number of hydrogen-bond donors (Lipinski definition) is 0. The van der Waals surface area contributed by atoms with E-state index in [0.29, 0.717) is 0 Å². The Hall–Kier alpha value is -1.56. The molecule has 0 heterocycles. The molecule has 0 saturated carbocycles. The quantitative estimate of drug-likeness (QED) is 0.536. The highest BCUT2D eigenvalue weighted by Crippen LogP contribution is 2.31. The molecule has 4 heteroatoms. The van der Waals surface area contributed by atoms with E-state index in [1.54, 1.807) is 7.11 Å². The van der Waals surface area contributed by atoms with E-state index >= 15 is 0 Å². The van der Waals surface area contributed by atoms with Crippen molar-refractivity contribution in [1.29, 1.82) is 0 Å². The largest absolute Gasteiger partial charge is 0.493 e. The molecule has 2 aromatic carbocycles. The van der Waals surface area contributed by atoms with Gasteiger partial charge >= 0.3 is 0 Å². The Morgan fingerprint density at radius 1 is 1.10 bits per heavy atom. The summed E-state index contributed by atoms with van der Waals surface area (Å²) in [6.45, 7) is 3.99. The predicted molar refractivity (Wildman–Crippen MR) is 95.2 cm³/mol. The first-order chi connectivity index (χ1) is 10.1. The average Bonchev–Trinajstić information content (AvgIpc) is 2.47. The average molecular weight is 395 g/mol. The lowest BCUT2D eigenvalue weighted by Crippen LogP contribution is -2.08. The maximum Gasteiger partial charge on any atom is 0.170 e. The number of ether oxygens (including phenoxy) is 2. The highest BCUT2D eigenvalue weighted by molar-refractivity contribution is 14.1. The monoisotopic (exact) mass is 395 g/mol. The topological polar surface area (TPSA) is 30.8 Å². The van der Waals surface area contributed by atoms with Crippen LogP contribution < -0.4 is 9.47 Å². The Labute approximate surface area is 139 Å². The molecule has 0 atom stereocenters. The third-order valence-corrected chi connectivity index (χ3v) is 3.48. The van der Waals surface area contributed by atoms with Gasteiger partial charge in [0.05, 0.1) is 18.9 Å². The van der Waals surface area contributed by atoms with Gasteiger partial charge in [-0.05, 0) is 72.8 Å². The first kappa shape index (κ1) is 15.8. The van der Waals surface area contributed by atoms with Gasteiger partial charge in [0.15, 0.2) is 11.5 Å². The van der Waals surface area contributed by atoms with Crippen molar-refractivity contribution >= 4 is 34.5 Å². The molecular weight excluding hydrogens is 377 g/mol. The van der Waals surface area contributed by atoms with E-state index in [1.165, 1.54) is 3.57 Å². The zero-order valence-corrected chi connectivity index (χ0v) is 14.5. The van der Waals surface area contributed by atoms with Crippen molar-refractivity contribution in [3.63, 3.8) is 0 Å². The van der Waals surface area contributed by atoms with Crippen LogP contribution >= 0.6 is 22.6 Å². The fourth-order valence-electron chi connectivity index (χ4n) is 1.83. The highest BCUT2D eigenvalue weighted by atomic mass is 127. The summed E-state index contributed by atoms with van der Waals surface area (Å²) in [6.07, 6.45) is 1.88. The van der Waals surface area contributed by atoms with Gasteiger partial charge in [-0.25, -0.2) is 0 Å². The summed E-state index contributed by atoms with van der Waals surface area (Å²) in [7, 11) is 1.64. The minimum Gasteiger partial charge on any atom is -0.493 e. The van der Waals surface area contributed by atoms with E-state index in [9.17, 15) is 0 Å².